The van der Waals surface area contributed by atoms with Gasteiger partial charge in [0.05, 0.1) is 6.26 Å². The van der Waals surface area contributed by atoms with E-state index in [4.69, 9.17) is 10.2 Å². The van der Waals surface area contributed by atoms with Crippen LogP contribution in [-0.2, 0) is 0 Å². The minimum atomic E-state index is -0.344. The van der Waals surface area contributed by atoms with Gasteiger partial charge in [0.25, 0.3) is 11.8 Å². The molecule has 1 aliphatic heterocycles. The Bertz CT molecular complexity index is 697. The molecule has 0 bridgehead atoms. The molecule has 2 heterocycles. The number of nitrogens with one attached hydrogen (secondary N) is 1. The van der Waals surface area contributed by atoms with Crippen LogP contribution in [0.1, 0.15) is 27.3 Å². The monoisotopic (exact) mass is 313 g/mol. The lowest BCUT2D eigenvalue weighted by molar-refractivity contribution is 0.0787. The fourth-order valence-corrected chi connectivity index (χ4v) is 2.72. The van der Waals surface area contributed by atoms with Gasteiger partial charge < -0.3 is 20.4 Å². The van der Waals surface area contributed by atoms with Gasteiger partial charge in [-0.1, -0.05) is 6.07 Å². The van der Waals surface area contributed by atoms with Crippen molar-refractivity contribution in [2.24, 2.45) is 11.7 Å². The van der Waals surface area contributed by atoms with E-state index in [-0.39, 0.29) is 17.6 Å². The lowest BCUT2D eigenvalue weighted by Crippen LogP contribution is -2.29. The highest BCUT2D eigenvalue weighted by molar-refractivity contribution is 6.03. The first-order chi connectivity index (χ1) is 11.2. The van der Waals surface area contributed by atoms with Crippen LogP contribution in [-0.4, -0.2) is 36.3 Å². The van der Waals surface area contributed by atoms with Crippen LogP contribution in [0.5, 0.6) is 0 Å². The molecule has 23 heavy (non-hydrogen) atoms. The van der Waals surface area contributed by atoms with Crippen LogP contribution in [0.2, 0.25) is 0 Å². The largest absolute Gasteiger partial charge is 0.459 e. The Hall–Kier alpha value is -2.60. The number of hydrogen-bond acceptors (Lipinski definition) is 4. The van der Waals surface area contributed by atoms with Gasteiger partial charge in [-0.15, -0.1) is 0 Å². The van der Waals surface area contributed by atoms with Gasteiger partial charge in [-0.25, -0.2) is 0 Å². The van der Waals surface area contributed by atoms with Gasteiger partial charge in [-0.05, 0) is 49.2 Å². The quantitative estimate of drug-likeness (QED) is 0.903. The number of carbonyl (C=O) groups excluding carboxylic acids is 2. The van der Waals surface area contributed by atoms with Gasteiger partial charge >= 0.3 is 0 Å². The Balaban J connectivity index is 1.70. The highest BCUT2D eigenvalue weighted by Crippen LogP contribution is 2.20. The second-order valence-electron chi connectivity index (χ2n) is 5.65. The predicted octanol–water partition coefficient (Wildman–Crippen LogP) is 1.95. The number of likely N-dealkylation sites (tertiary alicyclic amines) is 1. The molecule has 1 unspecified atom stereocenters. The minimum absolute atomic E-state index is 0.0324. The van der Waals surface area contributed by atoms with E-state index in [1.807, 2.05) is 4.90 Å². The molecule has 1 fully saturated rings. The average molecular weight is 313 g/mol. The minimum Gasteiger partial charge on any atom is -0.459 e. The third kappa shape index (κ3) is 3.43. The Morgan fingerprint density at radius 2 is 2.17 bits per heavy atom. The molecular weight excluding hydrogens is 294 g/mol. The molecule has 3 rings (SSSR count). The van der Waals surface area contributed by atoms with Gasteiger partial charge in [-0.3, -0.25) is 9.59 Å². The Morgan fingerprint density at radius 1 is 1.30 bits per heavy atom. The Morgan fingerprint density at radius 3 is 2.87 bits per heavy atom. The van der Waals surface area contributed by atoms with Crippen LogP contribution < -0.4 is 11.1 Å². The second-order valence-corrected chi connectivity index (χ2v) is 5.65. The van der Waals surface area contributed by atoms with E-state index in [9.17, 15) is 9.59 Å². The summed E-state index contributed by atoms with van der Waals surface area (Å²) >= 11 is 0. The van der Waals surface area contributed by atoms with E-state index >= 15 is 0 Å². The normalized spacial score (nSPS) is 17.3. The summed E-state index contributed by atoms with van der Waals surface area (Å²) in [6, 6.07) is 10.2. The highest BCUT2D eigenvalue weighted by atomic mass is 16.3. The molecule has 0 spiro atoms. The van der Waals surface area contributed by atoms with Crippen molar-refractivity contribution in [1.82, 2.24) is 4.90 Å². The molecule has 2 aromatic rings. The summed E-state index contributed by atoms with van der Waals surface area (Å²) in [5.74, 6) is 0.229. The molecule has 0 saturated carbocycles. The van der Waals surface area contributed by atoms with E-state index in [0.29, 0.717) is 30.3 Å². The zero-order valence-corrected chi connectivity index (χ0v) is 12.7. The number of furan rings is 1. The van der Waals surface area contributed by atoms with Crippen molar-refractivity contribution in [3.05, 3.63) is 54.0 Å². The molecule has 1 atom stereocenters. The molecule has 1 aromatic heterocycles. The molecular formula is C17H19N3O3. The van der Waals surface area contributed by atoms with Gasteiger partial charge in [0.1, 0.15) is 0 Å². The summed E-state index contributed by atoms with van der Waals surface area (Å²) in [7, 11) is 0. The number of hydrogen-bond donors (Lipinski definition) is 2. The van der Waals surface area contributed by atoms with Crippen molar-refractivity contribution >= 4 is 17.5 Å². The number of amides is 2. The molecule has 0 radical (unpaired) electrons. The Kier molecular flexibility index (Phi) is 4.43. The van der Waals surface area contributed by atoms with Crippen LogP contribution >= 0.6 is 0 Å². The molecule has 2 amide bonds. The maximum atomic E-state index is 12.5. The number of carbonyl (C=O) groups is 2. The summed E-state index contributed by atoms with van der Waals surface area (Å²) in [6.45, 7) is 2.02. The van der Waals surface area contributed by atoms with E-state index in [1.54, 1.807) is 36.4 Å². The van der Waals surface area contributed by atoms with Gasteiger partial charge in [0.2, 0.25) is 0 Å². The smallest absolute Gasteiger partial charge is 0.291 e. The summed E-state index contributed by atoms with van der Waals surface area (Å²) in [5.41, 5.74) is 6.78. The van der Waals surface area contributed by atoms with Crippen LogP contribution in [0.15, 0.2) is 47.1 Å². The number of nitrogens with two attached hydrogens (primary N) is 1. The van der Waals surface area contributed by atoms with Crippen molar-refractivity contribution in [2.45, 2.75) is 6.42 Å². The standard InChI is InChI=1S/C17H19N3O3/c18-10-12-6-7-20(11-12)17(22)13-3-1-4-14(9-13)19-16(21)15-5-2-8-23-15/h1-5,8-9,12H,6-7,10-11,18H2,(H,19,21). The molecule has 1 aromatic carbocycles. The third-order valence-electron chi connectivity index (χ3n) is 4.02. The van der Waals surface area contributed by atoms with E-state index < -0.39 is 0 Å². The predicted molar refractivity (Wildman–Crippen MR) is 86.2 cm³/mol. The number of benzene rings is 1. The summed E-state index contributed by atoms with van der Waals surface area (Å²) in [5, 5.41) is 2.73. The van der Waals surface area contributed by atoms with Crippen molar-refractivity contribution < 1.29 is 14.0 Å². The summed E-state index contributed by atoms with van der Waals surface area (Å²) in [4.78, 5) is 26.3. The van der Waals surface area contributed by atoms with Gasteiger partial charge in [0.15, 0.2) is 5.76 Å². The first-order valence-electron chi connectivity index (χ1n) is 7.61. The fourth-order valence-electron chi connectivity index (χ4n) is 2.72. The maximum Gasteiger partial charge on any atom is 0.291 e. The molecule has 3 N–H and O–H groups in total. The maximum absolute atomic E-state index is 12.5. The lowest BCUT2D eigenvalue weighted by Gasteiger charge is -2.16. The zero-order chi connectivity index (χ0) is 16.2. The first kappa shape index (κ1) is 15.3. The lowest BCUT2D eigenvalue weighted by atomic mass is 10.1. The topological polar surface area (TPSA) is 88.6 Å². The fraction of sp³-hybridized carbons (Fsp3) is 0.294. The van der Waals surface area contributed by atoms with Crippen LogP contribution in [0.3, 0.4) is 0 Å². The third-order valence-corrected chi connectivity index (χ3v) is 4.02. The molecule has 6 nitrogen and oxygen atoms in total. The van der Waals surface area contributed by atoms with Crippen molar-refractivity contribution in [3.63, 3.8) is 0 Å². The molecule has 6 heteroatoms. The van der Waals surface area contributed by atoms with Crippen LogP contribution in [0, 0.1) is 5.92 Å². The number of anilines is 1. The van der Waals surface area contributed by atoms with Crippen molar-refractivity contribution in [3.8, 4) is 0 Å². The summed E-state index contributed by atoms with van der Waals surface area (Å²) < 4.78 is 5.05. The number of nitrogens with zero attached hydrogens (tertiary/aromatic N) is 1. The molecule has 120 valence electrons. The van der Waals surface area contributed by atoms with E-state index in [2.05, 4.69) is 5.32 Å². The van der Waals surface area contributed by atoms with Gasteiger partial charge in [-0.2, -0.15) is 0 Å². The first-order valence-corrected chi connectivity index (χ1v) is 7.61. The molecule has 0 aliphatic carbocycles. The van der Waals surface area contributed by atoms with Crippen LogP contribution in [0.4, 0.5) is 5.69 Å². The SMILES string of the molecule is NCC1CCN(C(=O)c2cccc(NC(=O)c3ccco3)c2)C1. The van der Waals surface area contributed by atoms with Crippen molar-refractivity contribution in [1.29, 1.82) is 0 Å². The van der Waals surface area contributed by atoms with E-state index in [0.717, 1.165) is 13.0 Å². The molecule has 1 saturated heterocycles. The molecule has 1 aliphatic rings. The highest BCUT2D eigenvalue weighted by Gasteiger charge is 2.26. The van der Waals surface area contributed by atoms with E-state index in [1.165, 1.54) is 6.26 Å². The number of rotatable bonds is 4. The second kappa shape index (κ2) is 6.66. The van der Waals surface area contributed by atoms with Gasteiger partial charge in [0, 0.05) is 24.3 Å². The van der Waals surface area contributed by atoms with Crippen molar-refractivity contribution in [2.75, 3.05) is 25.0 Å². The Labute approximate surface area is 134 Å². The summed E-state index contributed by atoms with van der Waals surface area (Å²) in [6.07, 6.45) is 2.38. The zero-order valence-electron chi connectivity index (χ0n) is 12.7. The average Bonchev–Trinajstić information content (AvgIpc) is 3.25. The van der Waals surface area contributed by atoms with Crippen LogP contribution in [0.25, 0.3) is 0 Å².